The van der Waals surface area contributed by atoms with Gasteiger partial charge in [0.2, 0.25) is 0 Å². The van der Waals surface area contributed by atoms with Crippen LogP contribution in [-0.2, 0) is 20.8 Å². The lowest BCUT2D eigenvalue weighted by atomic mass is 9.82. The molecule has 1 aliphatic rings. The number of halogens is 3. The first-order chi connectivity index (χ1) is 10.1. The summed E-state index contributed by atoms with van der Waals surface area (Å²) in [5.41, 5.74) is -0.841. The van der Waals surface area contributed by atoms with Crippen molar-refractivity contribution >= 4 is 15.8 Å². The second-order valence-electron chi connectivity index (χ2n) is 5.43. The first-order valence-corrected chi connectivity index (χ1v) is 8.53. The van der Waals surface area contributed by atoms with Crippen LogP contribution in [0, 0.1) is 5.92 Å². The molecular formula is C14H15F3O4S. The Hall–Kier alpha value is -1.57. The molecule has 1 atom stereocenters. The van der Waals surface area contributed by atoms with Gasteiger partial charge in [-0.25, -0.2) is 8.42 Å². The van der Waals surface area contributed by atoms with Crippen molar-refractivity contribution in [3.05, 3.63) is 35.4 Å². The lowest BCUT2D eigenvalue weighted by Crippen LogP contribution is -2.30. The summed E-state index contributed by atoms with van der Waals surface area (Å²) in [6.07, 6.45) is -4.25. The minimum atomic E-state index is -4.55. The molecule has 1 N–H and O–H groups in total. The van der Waals surface area contributed by atoms with Crippen molar-refractivity contribution < 1.29 is 31.5 Å². The maximum absolute atomic E-state index is 12.7. The van der Waals surface area contributed by atoms with Crippen LogP contribution in [0.15, 0.2) is 24.3 Å². The summed E-state index contributed by atoms with van der Waals surface area (Å²) in [4.78, 5) is 11.5. The molecule has 1 saturated heterocycles. The van der Waals surface area contributed by atoms with E-state index in [4.69, 9.17) is 0 Å². The van der Waals surface area contributed by atoms with Gasteiger partial charge < -0.3 is 5.11 Å². The van der Waals surface area contributed by atoms with Gasteiger partial charge in [0, 0.05) is 0 Å². The predicted molar refractivity (Wildman–Crippen MR) is 73.2 cm³/mol. The largest absolute Gasteiger partial charge is 0.481 e. The van der Waals surface area contributed by atoms with Crippen LogP contribution in [0.2, 0.25) is 0 Å². The zero-order valence-corrected chi connectivity index (χ0v) is 12.3. The minimum Gasteiger partial charge on any atom is -0.481 e. The highest BCUT2D eigenvalue weighted by Gasteiger charge is 2.36. The normalized spacial score (nSPS) is 20.5. The Kier molecular flexibility index (Phi) is 4.51. The van der Waals surface area contributed by atoms with E-state index in [1.54, 1.807) is 0 Å². The Morgan fingerprint density at radius 1 is 1.23 bits per heavy atom. The van der Waals surface area contributed by atoms with Crippen molar-refractivity contribution in [1.29, 1.82) is 0 Å². The van der Waals surface area contributed by atoms with Crippen LogP contribution < -0.4 is 0 Å². The molecule has 0 amide bonds. The van der Waals surface area contributed by atoms with Crippen molar-refractivity contribution in [2.45, 2.75) is 24.9 Å². The van der Waals surface area contributed by atoms with Gasteiger partial charge in [-0.1, -0.05) is 18.2 Å². The van der Waals surface area contributed by atoms with Gasteiger partial charge in [-0.2, -0.15) is 13.2 Å². The Bertz CT molecular complexity index is 653. The highest BCUT2D eigenvalue weighted by molar-refractivity contribution is 7.91. The van der Waals surface area contributed by atoms with Crippen molar-refractivity contribution in [2.75, 3.05) is 11.5 Å². The van der Waals surface area contributed by atoms with Crippen LogP contribution in [0.1, 0.15) is 29.9 Å². The van der Waals surface area contributed by atoms with Crippen LogP contribution in [-0.4, -0.2) is 31.0 Å². The monoisotopic (exact) mass is 336 g/mol. The van der Waals surface area contributed by atoms with Crippen molar-refractivity contribution in [3.63, 3.8) is 0 Å². The lowest BCUT2D eigenvalue weighted by Gasteiger charge is -2.28. The molecule has 0 aromatic heterocycles. The Labute approximate surface area is 125 Å². The number of hydrogen-bond acceptors (Lipinski definition) is 3. The molecule has 1 heterocycles. The summed E-state index contributed by atoms with van der Waals surface area (Å²) < 4.78 is 61.1. The van der Waals surface area contributed by atoms with Crippen LogP contribution in [0.4, 0.5) is 13.2 Å². The number of sulfone groups is 1. The van der Waals surface area contributed by atoms with E-state index in [1.807, 2.05) is 0 Å². The summed E-state index contributed by atoms with van der Waals surface area (Å²) in [7, 11) is -3.16. The summed E-state index contributed by atoms with van der Waals surface area (Å²) in [5, 5.41) is 9.37. The molecule has 122 valence electrons. The number of alkyl halides is 3. The molecule has 2 rings (SSSR count). The van der Waals surface area contributed by atoms with E-state index in [-0.39, 0.29) is 29.9 Å². The molecule has 1 fully saturated rings. The Morgan fingerprint density at radius 2 is 1.82 bits per heavy atom. The predicted octanol–water partition coefficient (Wildman–Crippen LogP) is 2.70. The molecular weight excluding hydrogens is 321 g/mol. The minimum absolute atomic E-state index is 0.0617. The van der Waals surface area contributed by atoms with Gasteiger partial charge >= 0.3 is 12.1 Å². The molecule has 8 heteroatoms. The fourth-order valence-electron chi connectivity index (χ4n) is 2.77. The third-order valence-electron chi connectivity index (χ3n) is 3.91. The van der Waals surface area contributed by atoms with Crippen LogP contribution in [0.3, 0.4) is 0 Å². The number of carboxylic acids is 1. The summed E-state index contributed by atoms with van der Waals surface area (Å²) in [6, 6.07) is 4.24. The Balaban J connectivity index is 2.31. The van der Waals surface area contributed by atoms with Crippen molar-refractivity contribution in [3.8, 4) is 0 Å². The van der Waals surface area contributed by atoms with Gasteiger partial charge in [0.05, 0.1) is 23.0 Å². The SMILES string of the molecule is O=C(O)C(c1cccc(C(F)(F)F)c1)C1CCS(=O)(=O)CC1. The standard InChI is InChI=1S/C14H15F3O4S/c15-14(16,17)11-3-1-2-10(8-11)12(13(18)19)9-4-6-22(20,21)7-5-9/h1-3,8-9,12H,4-7H2,(H,18,19). The molecule has 1 aromatic rings. The number of carboxylic acid groups (broad SMARTS) is 1. The van der Waals surface area contributed by atoms with Crippen molar-refractivity contribution in [2.24, 2.45) is 5.92 Å². The number of benzene rings is 1. The van der Waals surface area contributed by atoms with Crippen LogP contribution >= 0.6 is 0 Å². The van der Waals surface area contributed by atoms with Gasteiger partial charge in [-0.3, -0.25) is 4.79 Å². The van der Waals surface area contributed by atoms with E-state index in [9.17, 15) is 31.5 Å². The maximum Gasteiger partial charge on any atom is 0.416 e. The van der Waals surface area contributed by atoms with Gasteiger partial charge in [0.1, 0.15) is 9.84 Å². The van der Waals surface area contributed by atoms with E-state index < -0.39 is 39.4 Å². The number of hydrogen-bond donors (Lipinski definition) is 1. The topological polar surface area (TPSA) is 71.4 Å². The fraction of sp³-hybridized carbons (Fsp3) is 0.500. The maximum atomic E-state index is 12.7. The lowest BCUT2D eigenvalue weighted by molar-refractivity contribution is -0.141. The molecule has 22 heavy (non-hydrogen) atoms. The second kappa shape index (κ2) is 5.91. The average Bonchev–Trinajstić information content (AvgIpc) is 2.40. The number of aliphatic carboxylic acids is 1. The quantitative estimate of drug-likeness (QED) is 0.921. The van der Waals surface area contributed by atoms with Crippen LogP contribution in [0.25, 0.3) is 0 Å². The molecule has 4 nitrogen and oxygen atoms in total. The average molecular weight is 336 g/mol. The third kappa shape index (κ3) is 3.79. The van der Waals surface area contributed by atoms with Gasteiger partial charge in [0.25, 0.3) is 0 Å². The first-order valence-electron chi connectivity index (χ1n) is 6.70. The highest BCUT2D eigenvalue weighted by Crippen LogP contribution is 2.36. The zero-order valence-electron chi connectivity index (χ0n) is 11.5. The van der Waals surface area contributed by atoms with Crippen LogP contribution in [0.5, 0.6) is 0 Å². The summed E-state index contributed by atoms with van der Waals surface area (Å²) >= 11 is 0. The number of rotatable bonds is 3. The molecule has 1 aromatic carbocycles. The van der Waals surface area contributed by atoms with E-state index in [2.05, 4.69) is 0 Å². The van der Waals surface area contributed by atoms with Gasteiger partial charge in [-0.05, 0) is 30.4 Å². The van der Waals surface area contributed by atoms with Crippen molar-refractivity contribution in [1.82, 2.24) is 0 Å². The second-order valence-corrected chi connectivity index (χ2v) is 7.73. The Morgan fingerprint density at radius 3 is 2.32 bits per heavy atom. The van der Waals surface area contributed by atoms with Gasteiger partial charge in [0.15, 0.2) is 0 Å². The summed E-state index contributed by atoms with van der Waals surface area (Å²) in [5.74, 6) is -3.09. The van der Waals surface area contributed by atoms with E-state index in [0.717, 1.165) is 12.1 Å². The fourth-order valence-corrected chi connectivity index (χ4v) is 4.29. The molecule has 1 unspecified atom stereocenters. The molecule has 1 aliphatic heterocycles. The molecule has 0 spiro atoms. The molecule has 0 bridgehead atoms. The van der Waals surface area contributed by atoms with Gasteiger partial charge in [-0.15, -0.1) is 0 Å². The summed E-state index contributed by atoms with van der Waals surface area (Å²) in [6.45, 7) is 0. The molecule has 0 aliphatic carbocycles. The zero-order chi connectivity index (χ0) is 16.5. The third-order valence-corrected chi connectivity index (χ3v) is 5.63. The first kappa shape index (κ1) is 16.8. The molecule has 0 saturated carbocycles. The highest BCUT2D eigenvalue weighted by atomic mass is 32.2. The van der Waals surface area contributed by atoms with E-state index in [0.29, 0.717) is 0 Å². The smallest absolute Gasteiger partial charge is 0.416 e. The molecule has 0 radical (unpaired) electrons. The van der Waals surface area contributed by atoms with E-state index in [1.165, 1.54) is 12.1 Å². The number of carbonyl (C=O) groups is 1. The van der Waals surface area contributed by atoms with E-state index >= 15 is 0 Å².